The van der Waals surface area contributed by atoms with E-state index in [1.165, 1.54) is 5.56 Å². The van der Waals surface area contributed by atoms with Crippen molar-refractivity contribution in [3.63, 3.8) is 0 Å². The summed E-state index contributed by atoms with van der Waals surface area (Å²) in [5, 5.41) is 4.20. The number of rotatable bonds is 0. The van der Waals surface area contributed by atoms with Gasteiger partial charge in [0.15, 0.2) is 5.82 Å². The van der Waals surface area contributed by atoms with Crippen molar-refractivity contribution in [2.45, 2.75) is 20.8 Å². The summed E-state index contributed by atoms with van der Waals surface area (Å²) in [6.07, 6.45) is 3.77. The van der Waals surface area contributed by atoms with Gasteiger partial charge in [0.25, 0.3) is 0 Å². The van der Waals surface area contributed by atoms with E-state index in [2.05, 4.69) is 10.1 Å². The molecule has 0 spiro atoms. The van der Waals surface area contributed by atoms with Gasteiger partial charge in [-0.15, -0.1) is 0 Å². The first-order chi connectivity index (χ1) is 6.27. The number of aryl methyl sites for hydroxylation is 2. The summed E-state index contributed by atoms with van der Waals surface area (Å²) in [4.78, 5) is 4.15. The molecule has 0 aliphatic carbocycles. The van der Waals surface area contributed by atoms with Crippen LogP contribution < -0.4 is 0 Å². The highest BCUT2D eigenvalue weighted by Crippen LogP contribution is 2.20. The number of aromatic nitrogens is 3. The molecule has 3 heteroatoms. The second-order valence-electron chi connectivity index (χ2n) is 2.67. The van der Waals surface area contributed by atoms with Gasteiger partial charge in [0, 0.05) is 25.0 Å². The molecule has 0 atom stereocenters. The van der Waals surface area contributed by atoms with E-state index < -0.39 is 0 Å². The highest BCUT2D eigenvalue weighted by Gasteiger charge is 2.07. The molecule has 0 radical (unpaired) electrons. The molecule has 0 unspecified atom stereocenters. The molecule has 2 rings (SSSR count). The summed E-state index contributed by atoms with van der Waals surface area (Å²) >= 11 is 0. The number of nitrogens with zero attached hydrogens (tertiary/aromatic N) is 3. The molecule has 0 aromatic heterocycles. The number of hydrogen-bond acceptors (Lipinski definition) is 2. The first-order valence-corrected chi connectivity index (χ1v) is 4.52. The Kier molecular flexibility index (Phi) is 3.01. The molecule has 13 heavy (non-hydrogen) atoms. The van der Waals surface area contributed by atoms with E-state index in [9.17, 15) is 0 Å². The Morgan fingerprint density at radius 1 is 1.31 bits per heavy atom. The molecule has 70 valence electrons. The minimum atomic E-state index is 0.826. The second kappa shape index (κ2) is 4.03. The van der Waals surface area contributed by atoms with E-state index in [1.54, 1.807) is 4.68 Å². The Bertz CT molecular complexity index is 351. The van der Waals surface area contributed by atoms with Gasteiger partial charge >= 0.3 is 0 Å². The summed E-state index contributed by atoms with van der Waals surface area (Å²) in [5.41, 5.74) is 2.33. The molecule has 0 bridgehead atoms. The lowest BCUT2D eigenvalue weighted by Gasteiger charge is -2.00. The van der Waals surface area contributed by atoms with Gasteiger partial charge < -0.3 is 0 Å². The summed E-state index contributed by atoms with van der Waals surface area (Å²) in [6.45, 7) is 6.04. The molecule has 0 aromatic carbocycles. The Balaban J connectivity index is 0.000000396. The third-order valence-corrected chi connectivity index (χ3v) is 1.76. The van der Waals surface area contributed by atoms with Crippen LogP contribution in [0.3, 0.4) is 0 Å². The fraction of sp³-hybridized carbons (Fsp3) is 0.400. The molecule has 3 nitrogen and oxygen atoms in total. The molecule has 2 heterocycles. The smallest absolute Gasteiger partial charge is 0.179 e. The standard InChI is InChI=1S/C8H9N3.C2H6/c1-6-5-9-8-7(6)3-4-11(2)10-8;1-2/h3-5H,1-2H3;1-2H3. The topological polar surface area (TPSA) is 30.7 Å². The lowest BCUT2D eigenvalue weighted by atomic mass is 10.2. The van der Waals surface area contributed by atoms with Gasteiger partial charge in [-0.25, -0.2) is 4.98 Å². The minimum absolute atomic E-state index is 0.826. The zero-order valence-electron chi connectivity index (χ0n) is 8.57. The summed E-state index contributed by atoms with van der Waals surface area (Å²) in [7, 11) is 1.89. The van der Waals surface area contributed by atoms with Crippen LogP contribution in [0, 0.1) is 6.92 Å². The van der Waals surface area contributed by atoms with Crippen molar-refractivity contribution in [3.05, 3.63) is 24.0 Å². The molecule has 0 saturated carbocycles. The molecule has 0 aromatic rings. The maximum atomic E-state index is 4.20. The Morgan fingerprint density at radius 2 is 2.00 bits per heavy atom. The molecular weight excluding hydrogens is 162 g/mol. The van der Waals surface area contributed by atoms with Crippen LogP contribution in [0.2, 0.25) is 0 Å². The molecule has 2 aliphatic rings. The first-order valence-electron chi connectivity index (χ1n) is 4.52. The lowest BCUT2D eigenvalue weighted by molar-refractivity contribution is 0.736. The van der Waals surface area contributed by atoms with E-state index in [-0.39, 0.29) is 0 Å². The van der Waals surface area contributed by atoms with Crippen LogP contribution in [0.4, 0.5) is 0 Å². The largest absolute Gasteiger partial charge is 0.274 e. The minimum Gasteiger partial charge on any atom is -0.274 e. The van der Waals surface area contributed by atoms with Crippen molar-refractivity contribution in [1.29, 1.82) is 0 Å². The van der Waals surface area contributed by atoms with Gasteiger partial charge in [0.2, 0.25) is 0 Å². The monoisotopic (exact) mass is 177 g/mol. The van der Waals surface area contributed by atoms with Gasteiger partial charge in [-0.3, -0.25) is 4.68 Å². The van der Waals surface area contributed by atoms with Gasteiger partial charge in [-0.2, -0.15) is 5.10 Å². The van der Waals surface area contributed by atoms with E-state index in [4.69, 9.17) is 0 Å². The fourth-order valence-electron chi connectivity index (χ4n) is 1.12. The van der Waals surface area contributed by atoms with Crippen LogP contribution in [0.5, 0.6) is 0 Å². The van der Waals surface area contributed by atoms with Crippen molar-refractivity contribution in [1.82, 2.24) is 14.8 Å². The van der Waals surface area contributed by atoms with Crippen molar-refractivity contribution >= 4 is 0 Å². The predicted octanol–water partition coefficient (Wildman–Crippen LogP) is 2.25. The van der Waals surface area contributed by atoms with Crippen molar-refractivity contribution in [2.75, 3.05) is 0 Å². The van der Waals surface area contributed by atoms with Crippen molar-refractivity contribution in [2.24, 2.45) is 7.05 Å². The molecular formula is C10H15N3. The lowest BCUT2D eigenvalue weighted by Crippen LogP contribution is -1.98. The van der Waals surface area contributed by atoms with Gasteiger partial charge in [0.05, 0.1) is 0 Å². The van der Waals surface area contributed by atoms with Gasteiger partial charge in [-0.1, -0.05) is 13.8 Å². The van der Waals surface area contributed by atoms with E-state index in [1.807, 2.05) is 46.3 Å². The first kappa shape index (κ1) is 9.71. The molecule has 2 aliphatic heterocycles. The number of hydrogen-bond donors (Lipinski definition) is 0. The Labute approximate surface area is 78.8 Å². The van der Waals surface area contributed by atoms with Crippen LogP contribution in [0.25, 0.3) is 11.4 Å². The van der Waals surface area contributed by atoms with E-state index >= 15 is 0 Å². The predicted molar refractivity (Wildman–Crippen MR) is 53.7 cm³/mol. The second-order valence-corrected chi connectivity index (χ2v) is 2.67. The molecule has 0 amide bonds. The van der Waals surface area contributed by atoms with E-state index in [0.717, 1.165) is 11.4 Å². The third kappa shape index (κ3) is 1.86. The van der Waals surface area contributed by atoms with Crippen LogP contribution in [0.15, 0.2) is 18.5 Å². The van der Waals surface area contributed by atoms with Crippen LogP contribution in [-0.4, -0.2) is 14.8 Å². The zero-order valence-corrected chi connectivity index (χ0v) is 8.57. The average Bonchev–Trinajstić information content (AvgIpc) is 2.51. The molecule has 0 N–H and O–H groups in total. The Hall–Kier alpha value is -1.38. The Morgan fingerprint density at radius 3 is 2.69 bits per heavy atom. The third-order valence-electron chi connectivity index (χ3n) is 1.76. The van der Waals surface area contributed by atoms with E-state index in [0.29, 0.717) is 0 Å². The maximum Gasteiger partial charge on any atom is 0.179 e. The van der Waals surface area contributed by atoms with Crippen molar-refractivity contribution in [3.8, 4) is 11.4 Å². The summed E-state index contributed by atoms with van der Waals surface area (Å²) in [6, 6.07) is 2.03. The summed E-state index contributed by atoms with van der Waals surface area (Å²) in [5.74, 6) is 0.826. The highest BCUT2D eigenvalue weighted by molar-refractivity contribution is 5.60. The van der Waals surface area contributed by atoms with Crippen LogP contribution in [-0.2, 0) is 7.05 Å². The van der Waals surface area contributed by atoms with Gasteiger partial charge in [-0.05, 0) is 18.6 Å². The summed E-state index contributed by atoms with van der Waals surface area (Å²) < 4.78 is 1.76. The van der Waals surface area contributed by atoms with Crippen LogP contribution in [0.1, 0.15) is 19.4 Å². The average molecular weight is 177 g/mol. The fourth-order valence-corrected chi connectivity index (χ4v) is 1.12. The molecule has 0 saturated heterocycles. The highest BCUT2D eigenvalue weighted by atomic mass is 15.3. The van der Waals surface area contributed by atoms with Crippen LogP contribution >= 0.6 is 0 Å². The zero-order chi connectivity index (χ0) is 9.84. The van der Waals surface area contributed by atoms with Gasteiger partial charge in [0.1, 0.15) is 0 Å². The van der Waals surface area contributed by atoms with Crippen molar-refractivity contribution < 1.29 is 0 Å². The number of fused-ring (bicyclic) bond motifs is 1. The normalized spacial score (nSPS) is 9.54. The quantitative estimate of drug-likeness (QED) is 0.618. The molecule has 0 fully saturated rings. The SMILES string of the molecule is CC.Cc1cnc2nn(C)ccc1-2. The maximum absolute atomic E-state index is 4.20.